The van der Waals surface area contributed by atoms with E-state index in [1.54, 1.807) is 12.4 Å². The summed E-state index contributed by atoms with van der Waals surface area (Å²) in [6.07, 6.45) is 3.51. The number of likely N-dealkylation sites (tertiary alicyclic amines) is 1. The number of thiocarbonyl (C=S) groups is 1. The number of hydrogen-bond acceptors (Lipinski definition) is 3. The number of carbonyl (C=O) groups is 1. The van der Waals surface area contributed by atoms with Gasteiger partial charge in [0.2, 0.25) is 5.91 Å². The summed E-state index contributed by atoms with van der Waals surface area (Å²) in [5.41, 5.74) is 2.17. The molecule has 2 unspecified atom stereocenters. The van der Waals surface area contributed by atoms with E-state index in [0.717, 1.165) is 12.1 Å². The second-order valence-corrected chi connectivity index (χ2v) is 7.60. The average Bonchev–Trinajstić information content (AvgIpc) is 3.13. The predicted octanol–water partition coefficient (Wildman–Crippen LogP) is 2.70. The first-order valence-corrected chi connectivity index (χ1v) is 9.72. The van der Waals surface area contributed by atoms with Crippen molar-refractivity contribution in [1.82, 2.24) is 20.5 Å². The van der Waals surface area contributed by atoms with Crippen LogP contribution in [-0.4, -0.2) is 40.0 Å². The number of rotatable bonds is 5. The zero-order valence-electron chi connectivity index (χ0n) is 15.8. The summed E-state index contributed by atoms with van der Waals surface area (Å²) in [6, 6.07) is 14.3. The molecule has 1 fully saturated rings. The van der Waals surface area contributed by atoms with Gasteiger partial charge >= 0.3 is 0 Å². The van der Waals surface area contributed by atoms with Crippen molar-refractivity contribution in [2.75, 3.05) is 13.1 Å². The molecule has 0 spiro atoms. The molecule has 3 rings (SSSR count). The lowest BCUT2D eigenvalue weighted by Gasteiger charge is -2.22. The zero-order chi connectivity index (χ0) is 19.2. The van der Waals surface area contributed by atoms with Crippen molar-refractivity contribution < 1.29 is 4.79 Å². The molecule has 0 saturated carbocycles. The first-order chi connectivity index (χ1) is 13.0. The number of nitrogens with one attached hydrogen (secondary N) is 2. The van der Waals surface area contributed by atoms with Gasteiger partial charge in [0.05, 0.1) is 5.92 Å². The van der Waals surface area contributed by atoms with Crippen molar-refractivity contribution in [3.63, 3.8) is 0 Å². The van der Waals surface area contributed by atoms with Gasteiger partial charge < -0.3 is 15.5 Å². The van der Waals surface area contributed by atoms with Crippen LogP contribution in [0.1, 0.15) is 30.9 Å². The Hall–Kier alpha value is -2.47. The third kappa shape index (κ3) is 5.04. The fourth-order valence-electron chi connectivity index (χ4n) is 3.43. The molecule has 5 nitrogen and oxygen atoms in total. The van der Waals surface area contributed by atoms with Gasteiger partial charge in [0.1, 0.15) is 0 Å². The molecule has 1 aliphatic heterocycles. The van der Waals surface area contributed by atoms with Crippen LogP contribution in [0.25, 0.3) is 0 Å². The molecule has 1 aliphatic rings. The molecule has 2 N–H and O–H groups in total. The molecule has 142 valence electrons. The summed E-state index contributed by atoms with van der Waals surface area (Å²) >= 11 is 5.55. The minimum Gasteiger partial charge on any atom is -0.360 e. The fourth-order valence-corrected chi connectivity index (χ4v) is 3.82. The van der Waals surface area contributed by atoms with E-state index in [0.29, 0.717) is 18.2 Å². The summed E-state index contributed by atoms with van der Waals surface area (Å²) in [6.45, 7) is 5.98. The zero-order valence-corrected chi connectivity index (χ0v) is 16.6. The molecule has 2 atom stereocenters. The predicted molar refractivity (Wildman–Crippen MR) is 111 cm³/mol. The van der Waals surface area contributed by atoms with E-state index in [2.05, 4.69) is 46.5 Å². The lowest BCUT2D eigenvalue weighted by molar-refractivity contribution is -0.125. The number of pyridine rings is 1. The van der Waals surface area contributed by atoms with Crippen molar-refractivity contribution in [1.29, 1.82) is 0 Å². The quantitative estimate of drug-likeness (QED) is 0.779. The molecule has 1 aromatic heterocycles. The van der Waals surface area contributed by atoms with E-state index in [4.69, 9.17) is 12.2 Å². The maximum Gasteiger partial charge on any atom is 0.225 e. The van der Waals surface area contributed by atoms with E-state index >= 15 is 0 Å². The van der Waals surface area contributed by atoms with Crippen molar-refractivity contribution in [2.24, 2.45) is 5.92 Å². The van der Waals surface area contributed by atoms with Crippen LogP contribution in [0.5, 0.6) is 0 Å². The third-order valence-corrected chi connectivity index (χ3v) is 5.15. The maximum absolute atomic E-state index is 13.0. The Balaban J connectivity index is 1.72. The Morgan fingerprint density at radius 3 is 2.67 bits per heavy atom. The maximum atomic E-state index is 13.0. The molecule has 1 aromatic carbocycles. The van der Waals surface area contributed by atoms with Gasteiger partial charge in [0, 0.05) is 44.0 Å². The van der Waals surface area contributed by atoms with Crippen LogP contribution in [0.3, 0.4) is 0 Å². The molecular weight excluding hydrogens is 356 g/mol. The highest BCUT2D eigenvalue weighted by Crippen LogP contribution is 2.33. The molecule has 6 heteroatoms. The lowest BCUT2D eigenvalue weighted by atomic mass is 9.88. The van der Waals surface area contributed by atoms with Crippen molar-refractivity contribution in [3.8, 4) is 0 Å². The highest BCUT2D eigenvalue weighted by atomic mass is 32.1. The average molecular weight is 383 g/mol. The SMILES string of the molecule is CC(C)NC(=S)N1CC(C(=O)NCc2cccnc2)C(c2ccccc2)C1. The molecule has 27 heavy (non-hydrogen) atoms. The smallest absolute Gasteiger partial charge is 0.225 e. The molecule has 0 bridgehead atoms. The second kappa shape index (κ2) is 8.95. The van der Waals surface area contributed by atoms with E-state index in [1.807, 2.05) is 30.3 Å². The highest BCUT2D eigenvalue weighted by molar-refractivity contribution is 7.80. The van der Waals surface area contributed by atoms with Gasteiger partial charge in [0.15, 0.2) is 5.11 Å². The second-order valence-electron chi connectivity index (χ2n) is 7.21. The molecule has 0 radical (unpaired) electrons. The first kappa shape index (κ1) is 19.3. The Morgan fingerprint density at radius 1 is 1.22 bits per heavy atom. The summed E-state index contributed by atoms with van der Waals surface area (Å²) < 4.78 is 0. The summed E-state index contributed by atoms with van der Waals surface area (Å²) in [4.78, 5) is 19.2. The van der Waals surface area contributed by atoms with Gasteiger partial charge in [-0.25, -0.2) is 0 Å². The van der Waals surface area contributed by atoms with Crippen molar-refractivity contribution in [3.05, 3.63) is 66.0 Å². The number of carbonyl (C=O) groups excluding carboxylic acids is 1. The highest BCUT2D eigenvalue weighted by Gasteiger charge is 2.39. The van der Waals surface area contributed by atoms with Crippen LogP contribution >= 0.6 is 12.2 Å². The Kier molecular flexibility index (Phi) is 6.40. The standard InChI is InChI=1S/C21H26N4OS/c1-15(2)24-21(27)25-13-18(17-8-4-3-5-9-17)19(14-25)20(26)23-12-16-7-6-10-22-11-16/h3-11,15,18-19H,12-14H2,1-2H3,(H,23,26)(H,24,27). The van der Waals surface area contributed by atoms with Crippen LogP contribution < -0.4 is 10.6 Å². The summed E-state index contributed by atoms with van der Waals surface area (Å²) in [7, 11) is 0. The van der Waals surface area contributed by atoms with Crippen LogP contribution in [0.15, 0.2) is 54.9 Å². The van der Waals surface area contributed by atoms with Gasteiger partial charge in [0.25, 0.3) is 0 Å². The van der Waals surface area contributed by atoms with Crippen molar-refractivity contribution >= 4 is 23.2 Å². The van der Waals surface area contributed by atoms with Crippen LogP contribution in [0.4, 0.5) is 0 Å². The third-order valence-electron chi connectivity index (χ3n) is 4.77. The lowest BCUT2D eigenvalue weighted by Crippen LogP contribution is -2.42. The van der Waals surface area contributed by atoms with Crippen LogP contribution in [-0.2, 0) is 11.3 Å². The van der Waals surface area contributed by atoms with Gasteiger partial charge in [-0.1, -0.05) is 36.4 Å². The van der Waals surface area contributed by atoms with E-state index in [-0.39, 0.29) is 23.8 Å². The number of benzene rings is 1. The number of nitrogens with zero attached hydrogens (tertiary/aromatic N) is 2. The van der Waals surface area contributed by atoms with Gasteiger partial charge in [-0.15, -0.1) is 0 Å². The summed E-state index contributed by atoms with van der Waals surface area (Å²) in [5, 5.41) is 7.08. The molecule has 2 aromatic rings. The minimum absolute atomic E-state index is 0.0579. The molecule has 0 aliphatic carbocycles. The molecular formula is C21H26N4OS. The normalized spacial score (nSPS) is 19.1. The molecule has 1 amide bonds. The first-order valence-electron chi connectivity index (χ1n) is 9.31. The Morgan fingerprint density at radius 2 is 2.00 bits per heavy atom. The Labute approximate surface area is 166 Å². The minimum atomic E-state index is -0.143. The van der Waals surface area contributed by atoms with Crippen molar-refractivity contribution in [2.45, 2.75) is 32.4 Å². The van der Waals surface area contributed by atoms with Crippen LogP contribution in [0.2, 0.25) is 0 Å². The molecule has 1 saturated heterocycles. The number of hydrogen-bond donors (Lipinski definition) is 2. The summed E-state index contributed by atoms with van der Waals surface area (Å²) in [5.74, 6) is 0.0329. The van der Waals surface area contributed by atoms with E-state index in [1.165, 1.54) is 5.56 Å². The van der Waals surface area contributed by atoms with Gasteiger partial charge in [-0.3, -0.25) is 9.78 Å². The largest absolute Gasteiger partial charge is 0.360 e. The Bertz CT molecular complexity index is 766. The fraction of sp³-hybridized carbons (Fsp3) is 0.381. The number of amides is 1. The molecule has 2 heterocycles. The monoisotopic (exact) mass is 382 g/mol. The van der Waals surface area contributed by atoms with Gasteiger partial charge in [-0.05, 0) is 43.3 Å². The van der Waals surface area contributed by atoms with Crippen LogP contribution in [0, 0.1) is 5.92 Å². The van der Waals surface area contributed by atoms with E-state index in [9.17, 15) is 4.79 Å². The van der Waals surface area contributed by atoms with Gasteiger partial charge in [-0.2, -0.15) is 0 Å². The number of aromatic nitrogens is 1. The van der Waals surface area contributed by atoms with E-state index < -0.39 is 0 Å². The topological polar surface area (TPSA) is 57.3 Å².